The second-order valence-corrected chi connectivity index (χ2v) is 11.2. The normalized spacial score (nSPS) is 19.1. The molecule has 3 aliphatic rings. The van der Waals surface area contributed by atoms with E-state index >= 15 is 4.39 Å². The zero-order chi connectivity index (χ0) is 31.1. The van der Waals surface area contributed by atoms with Crippen molar-refractivity contribution in [2.45, 2.75) is 11.7 Å². The number of hydrogen-bond donors (Lipinski definition) is 0. The number of anilines is 1. The Balaban J connectivity index is 1.31. The summed E-state index contributed by atoms with van der Waals surface area (Å²) < 4.78 is 73.9. The van der Waals surface area contributed by atoms with Gasteiger partial charge in [0.2, 0.25) is 5.91 Å². The van der Waals surface area contributed by atoms with E-state index in [1.54, 1.807) is 11.0 Å². The second-order valence-electron chi connectivity index (χ2n) is 10.8. The molecule has 3 fully saturated rings. The second kappa shape index (κ2) is 12.1. The minimum atomic E-state index is -4.85. The molecule has 0 N–H and O–H groups in total. The molecule has 0 saturated carbocycles. The molecule has 15 heteroatoms. The molecule has 10 nitrogen and oxygen atoms in total. The molecule has 5 heterocycles. The van der Waals surface area contributed by atoms with E-state index < -0.39 is 39.4 Å². The average Bonchev–Trinajstić information content (AvgIpc) is 2.99. The fourth-order valence-electron chi connectivity index (χ4n) is 5.81. The number of nitrogens with zero attached hydrogens (tertiary/aromatic N) is 6. The minimum absolute atomic E-state index is 0.134. The molecule has 0 atom stereocenters. The number of ether oxygens (including phenoxy) is 3. The highest BCUT2D eigenvalue weighted by Gasteiger charge is 2.50. The number of hydrogen-bond acceptors (Lipinski definition) is 9. The molecule has 0 radical (unpaired) electrons. The van der Waals surface area contributed by atoms with E-state index in [-0.39, 0.29) is 28.6 Å². The van der Waals surface area contributed by atoms with Gasteiger partial charge in [-0.3, -0.25) is 14.7 Å². The van der Waals surface area contributed by atoms with Gasteiger partial charge in [-0.1, -0.05) is 29.8 Å². The molecular formula is C29H29ClF4N6O4. The van der Waals surface area contributed by atoms with Crippen molar-refractivity contribution < 1.29 is 36.6 Å². The molecule has 234 valence electrons. The molecule has 1 spiro atoms. The lowest BCUT2D eigenvalue weighted by molar-refractivity contribution is -0.164. The van der Waals surface area contributed by atoms with Crippen LogP contribution in [0, 0.1) is 5.82 Å². The molecule has 44 heavy (non-hydrogen) atoms. The number of alkyl halides is 3. The molecule has 3 saturated heterocycles. The first-order chi connectivity index (χ1) is 21.1. The van der Waals surface area contributed by atoms with Crippen LogP contribution in [-0.2, 0) is 20.4 Å². The third-order valence-electron chi connectivity index (χ3n) is 8.06. The summed E-state index contributed by atoms with van der Waals surface area (Å²) in [4.78, 5) is 31.8. The number of carbonyl (C=O) groups excluding carboxylic acids is 1. The van der Waals surface area contributed by atoms with Crippen LogP contribution in [0.4, 0.5) is 23.4 Å². The number of piperazine rings is 1. The fourth-order valence-corrected chi connectivity index (χ4v) is 6.10. The number of methoxy groups -OCH3 is 1. The molecule has 3 aliphatic heterocycles. The minimum Gasteiger partial charge on any atom is -0.467 e. The number of halogens is 5. The third-order valence-corrected chi connectivity index (χ3v) is 8.38. The molecule has 0 bridgehead atoms. The number of morpholine rings is 1. The SMILES string of the molecule is COc1nc(N2CCN(C(=O)/C=C/CN3CCOCC3)C3(COC3)C2)c2cnc(-c3cccc(Cl)c3C(F)(F)F)c(F)c2n1. The van der Waals surface area contributed by atoms with Crippen LogP contribution in [0.1, 0.15) is 5.56 Å². The van der Waals surface area contributed by atoms with Crippen LogP contribution in [0.15, 0.2) is 36.5 Å². The molecule has 6 rings (SSSR count). The molecular weight excluding hydrogens is 608 g/mol. The lowest BCUT2D eigenvalue weighted by atomic mass is 9.91. The fraction of sp³-hybridized carbons (Fsp3) is 0.448. The van der Waals surface area contributed by atoms with Crippen LogP contribution in [0.25, 0.3) is 22.2 Å². The number of carbonyl (C=O) groups is 1. The summed E-state index contributed by atoms with van der Waals surface area (Å²) in [5, 5.41) is -0.392. The number of aromatic nitrogens is 3. The van der Waals surface area contributed by atoms with Crippen LogP contribution >= 0.6 is 11.6 Å². The Labute approximate surface area is 255 Å². The highest BCUT2D eigenvalue weighted by molar-refractivity contribution is 6.31. The highest BCUT2D eigenvalue weighted by Crippen LogP contribution is 2.43. The van der Waals surface area contributed by atoms with Gasteiger partial charge in [-0.25, -0.2) is 4.39 Å². The number of rotatable bonds is 6. The Morgan fingerprint density at radius 1 is 1.14 bits per heavy atom. The van der Waals surface area contributed by atoms with E-state index in [9.17, 15) is 18.0 Å². The topological polar surface area (TPSA) is 93.2 Å². The zero-order valence-corrected chi connectivity index (χ0v) is 24.5. The predicted octanol–water partition coefficient (Wildman–Crippen LogP) is 3.82. The standard InChI is InChI=1S/C29H29ClF4N6O4/c1-42-27-36-25-19(14-35-24(23(25)31)18-4-2-5-20(30)22(18)29(32,33)34)26(37-27)39-8-9-40(28(15-39)16-44-17-28)21(41)6-3-7-38-10-12-43-13-11-38/h2-6,14H,7-13,15-17H2,1H3/b6-3+. The Morgan fingerprint density at radius 2 is 1.91 bits per heavy atom. The summed E-state index contributed by atoms with van der Waals surface area (Å²) in [5.74, 6) is -0.919. The first kappa shape index (κ1) is 30.4. The van der Waals surface area contributed by atoms with Gasteiger partial charge in [0.25, 0.3) is 0 Å². The van der Waals surface area contributed by atoms with Gasteiger partial charge in [0, 0.05) is 57.1 Å². The quantitative estimate of drug-likeness (QED) is 0.296. The Bertz CT molecular complexity index is 1600. The summed E-state index contributed by atoms with van der Waals surface area (Å²) in [6.45, 7) is 5.21. The van der Waals surface area contributed by atoms with Gasteiger partial charge in [-0.15, -0.1) is 0 Å². The van der Waals surface area contributed by atoms with Crippen LogP contribution in [-0.4, -0.2) is 109 Å². The summed E-state index contributed by atoms with van der Waals surface area (Å²) in [6.07, 6.45) is -0.162. The lowest BCUT2D eigenvalue weighted by Gasteiger charge is -2.55. The van der Waals surface area contributed by atoms with Crippen molar-refractivity contribution in [1.29, 1.82) is 0 Å². The number of pyridine rings is 1. The van der Waals surface area contributed by atoms with E-state index in [1.165, 1.54) is 19.4 Å². The predicted molar refractivity (Wildman–Crippen MR) is 153 cm³/mol. The zero-order valence-electron chi connectivity index (χ0n) is 23.7. The summed E-state index contributed by atoms with van der Waals surface area (Å²) in [6, 6.07) is 3.31. The highest BCUT2D eigenvalue weighted by atomic mass is 35.5. The van der Waals surface area contributed by atoms with Gasteiger partial charge < -0.3 is 24.0 Å². The first-order valence-electron chi connectivity index (χ1n) is 14.0. The molecule has 0 aliphatic carbocycles. The summed E-state index contributed by atoms with van der Waals surface area (Å²) in [7, 11) is 1.31. The van der Waals surface area contributed by atoms with Gasteiger partial charge in [0.1, 0.15) is 22.6 Å². The van der Waals surface area contributed by atoms with Gasteiger partial charge in [-0.2, -0.15) is 23.1 Å². The van der Waals surface area contributed by atoms with Crippen LogP contribution in [0.2, 0.25) is 5.02 Å². The van der Waals surface area contributed by atoms with Crippen molar-refractivity contribution >= 4 is 34.2 Å². The first-order valence-corrected chi connectivity index (χ1v) is 14.4. The lowest BCUT2D eigenvalue weighted by Crippen LogP contribution is -2.72. The molecule has 1 amide bonds. The number of amides is 1. The molecule has 2 aromatic heterocycles. The summed E-state index contributed by atoms with van der Waals surface area (Å²) >= 11 is 5.88. The van der Waals surface area contributed by atoms with Crippen molar-refractivity contribution in [2.24, 2.45) is 0 Å². The largest absolute Gasteiger partial charge is 0.467 e. The van der Waals surface area contributed by atoms with Gasteiger partial charge in [0.05, 0.1) is 49.5 Å². The maximum absolute atomic E-state index is 16.0. The molecule has 0 unspecified atom stereocenters. The number of benzene rings is 1. The van der Waals surface area contributed by atoms with E-state index in [1.807, 2.05) is 11.0 Å². The molecule has 1 aromatic carbocycles. The molecule has 3 aromatic rings. The van der Waals surface area contributed by atoms with Crippen molar-refractivity contribution in [2.75, 3.05) is 77.7 Å². The smallest absolute Gasteiger partial charge is 0.418 e. The Hall–Kier alpha value is -3.59. The van der Waals surface area contributed by atoms with E-state index in [0.29, 0.717) is 52.6 Å². The van der Waals surface area contributed by atoms with Crippen LogP contribution in [0.3, 0.4) is 0 Å². The number of fused-ring (bicyclic) bond motifs is 1. The van der Waals surface area contributed by atoms with Crippen molar-refractivity contribution in [3.8, 4) is 17.3 Å². The Morgan fingerprint density at radius 3 is 2.59 bits per heavy atom. The van der Waals surface area contributed by atoms with E-state index in [4.69, 9.17) is 25.8 Å². The van der Waals surface area contributed by atoms with Crippen LogP contribution in [0.5, 0.6) is 6.01 Å². The van der Waals surface area contributed by atoms with E-state index in [2.05, 4.69) is 19.9 Å². The van der Waals surface area contributed by atoms with Crippen molar-refractivity contribution in [3.05, 3.63) is 53.0 Å². The maximum Gasteiger partial charge on any atom is 0.418 e. The monoisotopic (exact) mass is 636 g/mol. The van der Waals surface area contributed by atoms with E-state index in [0.717, 1.165) is 25.2 Å². The van der Waals surface area contributed by atoms with Crippen molar-refractivity contribution in [3.63, 3.8) is 0 Å². The van der Waals surface area contributed by atoms with Crippen LogP contribution < -0.4 is 9.64 Å². The van der Waals surface area contributed by atoms with Gasteiger partial charge in [-0.05, 0) is 6.07 Å². The Kier molecular flexibility index (Phi) is 8.35. The average molecular weight is 637 g/mol. The van der Waals surface area contributed by atoms with Crippen molar-refractivity contribution in [1.82, 2.24) is 24.8 Å². The third kappa shape index (κ3) is 5.67. The summed E-state index contributed by atoms with van der Waals surface area (Å²) in [5.41, 5.74) is -3.16. The van der Waals surface area contributed by atoms with Gasteiger partial charge >= 0.3 is 12.2 Å². The maximum atomic E-state index is 16.0. The van der Waals surface area contributed by atoms with Gasteiger partial charge in [0.15, 0.2) is 5.82 Å².